The van der Waals surface area contributed by atoms with Crippen LogP contribution in [0.15, 0.2) is 24.3 Å². The quantitative estimate of drug-likeness (QED) is 0.814. The molecule has 3 nitrogen and oxygen atoms in total. The molecule has 3 rings (SSSR count). The van der Waals surface area contributed by atoms with Crippen LogP contribution >= 0.6 is 0 Å². The lowest BCUT2D eigenvalue weighted by Crippen LogP contribution is -2.16. The molecule has 1 aromatic heterocycles. The van der Waals surface area contributed by atoms with E-state index >= 15 is 0 Å². The summed E-state index contributed by atoms with van der Waals surface area (Å²) < 4.78 is 15.3. The van der Waals surface area contributed by atoms with Crippen LogP contribution in [0.5, 0.6) is 0 Å². The summed E-state index contributed by atoms with van der Waals surface area (Å²) in [6.07, 6.45) is 3.00. The first-order valence-electron chi connectivity index (χ1n) is 6.40. The summed E-state index contributed by atoms with van der Waals surface area (Å²) in [5.41, 5.74) is 0.948. The molecule has 0 fully saturated rings. The molecular formula is C14H16FN3. The number of hydrogen-bond donors (Lipinski definition) is 0. The van der Waals surface area contributed by atoms with Crippen molar-refractivity contribution in [2.24, 2.45) is 0 Å². The first kappa shape index (κ1) is 11.4. The summed E-state index contributed by atoms with van der Waals surface area (Å²) in [5, 5.41) is 8.54. The van der Waals surface area contributed by atoms with Gasteiger partial charge in [-0.3, -0.25) is 0 Å². The lowest BCUT2D eigenvalue weighted by molar-refractivity contribution is 0.456. The summed E-state index contributed by atoms with van der Waals surface area (Å²) in [4.78, 5) is 0. The molecule has 0 bridgehead atoms. The molecule has 0 aliphatic carbocycles. The Morgan fingerprint density at radius 2 is 2.28 bits per heavy atom. The first-order valence-corrected chi connectivity index (χ1v) is 6.40. The second kappa shape index (κ2) is 4.52. The van der Waals surface area contributed by atoms with E-state index in [0.717, 1.165) is 23.8 Å². The SMILES string of the molecule is CC1CCCn2c(Cc3cccc(F)c3)nnc21. The largest absolute Gasteiger partial charge is 0.314 e. The van der Waals surface area contributed by atoms with Crippen LogP contribution in [0.3, 0.4) is 0 Å². The van der Waals surface area contributed by atoms with Crippen molar-refractivity contribution in [2.45, 2.75) is 38.6 Å². The Kier molecular flexibility index (Phi) is 2.86. The number of hydrogen-bond acceptors (Lipinski definition) is 2. The van der Waals surface area contributed by atoms with E-state index in [1.165, 1.54) is 18.9 Å². The predicted octanol–water partition coefficient (Wildman–Crippen LogP) is 2.91. The van der Waals surface area contributed by atoms with Crippen LogP contribution in [0.2, 0.25) is 0 Å². The van der Waals surface area contributed by atoms with Crippen molar-refractivity contribution in [3.8, 4) is 0 Å². The summed E-state index contributed by atoms with van der Waals surface area (Å²) in [7, 11) is 0. The van der Waals surface area contributed by atoms with Crippen LogP contribution in [0.4, 0.5) is 4.39 Å². The van der Waals surface area contributed by atoms with Gasteiger partial charge in [0.05, 0.1) is 0 Å². The maximum atomic E-state index is 13.2. The van der Waals surface area contributed by atoms with E-state index in [-0.39, 0.29) is 5.82 Å². The standard InChI is InChI=1S/C14H16FN3/c1-10-4-3-7-18-13(16-17-14(10)18)9-11-5-2-6-12(15)8-11/h2,5-6,8,10H,3-4,7,9H2,1H3. The smallest absolute Gasteiger partial charge is 0.137 e. The molecule has 2 aromatic rings. The lowest BCUT2D eigenvalue weighted by atomic mass is 10.0. The third-order valence-corrected chi connectivity index (χ3v) is 3.57. The molecule has 2 heterocycles. The average Bonchev–Trinajstić information content (AvgIpc) is 2.74. The zero-order chi connectivity index (χ0) is 12.5. The highest BCUT2D eigenvalue weighted by Crippen LogP contribution is 2.26. The minimum atomic E-state index is -0.195. The Balaban J connectivity index is 1.90. The first-order chi connectivity index (χ1) is 8.74. The normalized spacial score (nSPS) is 18.7. The Morgan fingerprint density at radius 3 is 3.11 bits per heavy atom. The number of aromatic nitrogens is 3. The summed E-state index contributed by atoms with van der Waals surface area (Å²) in [6, 6.07) is 6.69. The molecule has 0 spiro atoms. The van der Waals surface area contributed by atoms with Crippen LogP contribution in [-0.4, -0.2) is 14.8 Å². The van der Waals surface area contributed by atoms with E-state index in [4.69, 9.17) is 0 Å². The van der Waals surface area contributed by atoms with Crippen LogP contribution in [0, 0.1) is 5.82 Å². The van der Waals surface area contributed by atoms with Gasteiger partial charge >= 0.3 is 0 Å². The van der Waals surface area contributed by atoms with Gasteiger partial charge in [0.25, 0.3) is 0 Å². The fourth-order valence-electron chi connectivity index (χ4n) is 2.60. The Bertz CT molecular complexity index is 562. The Hall–Kier alpha value is -1.71. The van der Waals surface area contributed by atoms with Crippen molar-refractivity contribution in [1.82, 2.24) is 14.8 Å². The summed E-state index contributed by atoms with van der Waals surface area (Å²) in [6.45, 7) is 3.17. The van der Waals surface area contributed by atoms with Crippen molar-refractivity contribution < 1.29 is 4.39 Å². The minimum absolute atomic E-state index is 0.195. The molecule has 0 radical (unpaired) electrons. The van der Waals surface area contributed by atoms with Crippen molar-refractivity contribution in [1.29, 1.82) is 0 Å². The number of halogens is 1. The average molecular weight is 245 g/mol. The molecule has 1 aliphatic rings. The van der Waals surface area contributed by atoms with Gasteiger partial charge in [-0.1, -0.05) is 19.1 Å². The number of rotatable bonds is 2. The van der Waals surface area contributed by atoms with Gasteiger partial charge in [0, 0.05) is 18.9 Å². The van der Waals surface area contributed by atoms with Gasteiger partial charge in [-0.25, -0.2) is 4.39 Å². The summed E-state index contributed by atoms with van der Waals surface area (Å²) >= 11 is 0. The van der Waals surface area contributed by atoms with Gasteiger partial charge in [-0.15, -0.1) is 10.2 Å². The van der Waals surface area contributed by atoms with Gasteiger partial charge in [0.2, 0.25) is 0 Å². The van der Waals surface area contributed by atoms with Gasteiger partial charge in [-0.2, -0.15) is 0 Å². The molecule has 1 unspecified atom stereocenters. The van der Waals surface area contributed by atoms with Gasteiger partial charge in [-0.05, 0) is 30.5 Å². The van der Waals surface area contributed by atoms with Gasteiger partial charge in [0.1, 0.15) is 17.5 Å². The third kappa shape index (κ3) is 2.03. The van der Waals surface area contributed by atoms with Crippen molar-refractivity contribution in [2.75, 3.05) is 0 Å². The van der Waals surface area contributed by atoms with Crippen molar-refractivity contribution in [3.05, 3.63) is 47.3 Å². The lowest BCUT2D eigenvalue weighted by Gasteiger charge is -2.20. The van der Waals surface area contributed by atoms with Crippen LogP contribution < -0.4 is 0 Å². The molecule has 1 aliphatic heterocycles. The third-order valence-electron chi connectivity index (χ3n) is 3.57. The maximum absolute atomic E-state index is 13.2. The van der Waals surface area contributed by atoms with E-state index < -0.39 is 0 Å². The highest BCUT2D eigenvalue weighted by molar-refractivity contribution is 5.21. The van der Waals surface area contributed by atoms with E-state index in [2.05, 4.69) is 21.7 Å². The van der Waals surface area contributed by atoms with Crippen LogP contribution in [0.1, 0.15) is 42.9 Å². The van der Waals surface area contributed by atoms with E-state index in [1.54, 1.807) is 12.1 Å². The number of benzene rings is 1. The van der Waals surface area contributed by atoms with Crippen molar-refractivity contribution in [3.63, 3.8) is 0 Å². The van der Waals surface area contributed by atoms with Gasteiger partial charge < -0.3 is 4.57 Å². The molecule has 0 N–H and O–H groups in total. The molecule has 0 saturated carbocycles. The van der Waals surface area contributed by atoms with Crippen molar-refractivity contribution >= 4 is 0 Å². The number of fused-ring (bicyclic) bond motifs is 1. The van der Waals surface area contributed by atoms with E-state index in [0.29, 0.717) is 12.3 Å². The zero-order valence-corrected chi connectivity index (χ0v) is 10.4. The van der Waals surface area contributed by atoms with Crippen LogP contribution in [0.25, 0.3) is 0 Å². The molecule has 1 aromatic carbocycles. The fourth-order valence-corrected chi connectivity index (χ4v) is 2.60. The Labute approximate surface area is 106 Å². The highest BCUT2D eigenvalue weighted by atomic mass is 19.1. The zero-order valence-electron chi connectivity index (χ0n) is 10.4. The topological polar surface area (TPSA) is 30.7 Å². The molecule has 0 saturated heterocycles. The Morgan fingerprint density at radius 1 is 1.39 bits per heavy atom. The van der Waals surface area contributed by atoms with Gasteiger partial charge in [0.15, 0.2) is 0 Å². The fraction of sp³-hybridized carbons (Fsp3) is 0.429. The molecule has 94 valence electrons. The molecule has 0 amide bonds. The summed E-state index contributed by atoms with van der Waals surface area (Å²) in [5.74, 6) is 2.31. The van der Waals surface area contributed by atoms with Crippen LogP contribution in [-0.2, 0) is 13.0 Å². The molecule has 4 heteroatoms. The number of nitrogens with zero attached hydrogens (tertiary/aromatic N) is 3. The molecule has 1 atom stereocenters. The highest BCUT2D eigenvalue weighted by Gasteiger charge is 2.21. The van der Waals surface area contributed by atoms with E-state index in [1.807, 2.05) is 6.07 Å². The maximum Gasteiger partial charge on any atom is 0.137 e. The monoisotopic (exact) mass is 245 g/mol. The minimum Gasteiger partial charge on any atom is -0.314 e. The van der Waals surface area contributed by atoms with E-state index in [9.17, 15) is 4.39 Å². The molecule has 18 heavy (non-hydrogen) atoms. The second-order valence-corrected chi connectivity index (χ2v) is 4.98. The molecular weight excluding hydrogens is 229 g/mol. The second-order valence-electron chi connectivity index (χ2n) is 4.98. The predicted molar refractivity (Wildman–Crippen MR) is 66.9 cm³/mol.